The second kappa shape index (κ2) is 14.7. The molecule has 302 valence electrons. The van der Waals surface area contributed by atoms with E-state index in [0.717, 1.165) is 73.9 Å². The Morgan fingerprint density at radius 1 is 0.810 bits per heavy atom. The molecule has 0 aromatic heterocycles. The number of carbonyl (C=O) groups is 4. The van der Waals surface area contributed by atoms with E-state index in [1.807, 2.05) is 30.3 Å². The molecule has 0 bridgehead atoms. The molecule has 6 aliphatic heterocycles. The van der Waals surface area contributed by atoms with Gasteiger partial charge in [0, 0.05) is 73.3 Å². The maximum Gasteiger partial charge on any atom is 0.262 e. The maximum absolute atomic E-state index is 13.8. The maximum atomic E-state index is 13.8. The molecule has 0 radical (unpaired) electrons. The summed E-state index contributed by atoms with van der Waals surface area (Å²) in [6, 6.07) is 18.0. The van der Waals surface area contributed by atoms with E-state index in [0.29, 0.717) is 47.6 Å². The van der Waals surface area contributed by atoms with Crippen LogP contribution >= 0.6 is 11.6 Å². The molecule has 1 N–H and O–H groups in total. The fraction of sp³-hybridized carbons (Fsp3) is 0.465. The molecule has 5 fully saturated rings. The largest absolute Gasteiger partial charge is 0.371 e. The summed E-state index contributed by atoms with van der Waals surface area (Å²) in [4.78, 5) is 64.6. The first-order valence-electron chi connectivity index (χ1n) is 20.2. The lowest BCUT2D eigenvalue weighted by molar-refractivity contribution is -0.136. The van der Waals surface area contributed by atoms with Crippen LogP contribution in [-0.2, 0) is 19.4 Å². The number of halogens is 1. The zero-order valence-corrected chi connectivity index (χ0v) is 34.0. The Bertz CT molecular complexity index is 2340. The van der Waals surface area contributed by atoms with Crippen molar-refractivity contribution >= 4 is 67.8 Å². The standard InChI is InChI=1S/C43H46ClN7O6S/c1-27-23-43(26-50(27)30-6-10-37(45-2)36(44)22-30)15-19-48(20-16-43)28-3-7-32(8-4-28)58(56,57)33-13-17-47(18-14-33)31-24-49(25-31)29-5-9-34-35(21-29)42(55)51(41(34)54)38-11-12-39(52)46-40(38)53/h3-10,21-22,27,31,33,38H,11-20,23-26H2,1H3,(H,46,52,53)/t27-,38?/m0/s1. The lowest BCUT2D eigenvalue weighted by Crippen LogP contribution is -2.61. The quantitative estimate of drug-likeness (QED) is 0.247. The number of carbonyl (C=O) groups excluding carboxylic acids is 4. The van der Waals surface area contributed by atoms with Gasteiger partial charge in [0.15, 0.2) is 9.84 Å². The van der Waals surface area contributed by atoms with E-state index < -0.39 is 44.8 Å². The Morgan fingerprint density at radius 3 is 2.16 bits per heavy atom. The highest BCUT2D eigenvalue weighted by Gasteiger charge is 2.46. The van der Waals surface area contributed by atoms with Gasteiger partial charge in [0.05, 0.1) is 27.8 Å². The Labute approximate surface area is 343 Å². The van der Waals surface area contributed by atoms with E-state index in [4.69, 9.17) is 18.2 Å². The van der Waals surface area contributed by atoms with Gasteiger partial charge in [-0.15, -0.1) is 0 Å². The van der Waals surface area contributed by atoms with Crippen molar-refractivity contribution in [1.29, 1.82) is 0 Å². The number of benzene rings is 3. The van der Waals surface area contributed by atoms with Gasteiger partial charge in [0.1, 0.15) is 6.04 Å². The average molecular weight is 824 g/mol. The van der Waals surface area contributed by atoms with Crippen molar-refractivity contribution in [3.63, 3.8) is 0 Å². The van der Waals surface area contributed by atoms with Crippen molar-refractivity contribution in [2.24, 2.45) is 5.41 Å². The second-order valence-corrected chi connectivity index (χ2v) is 19.6. The molecule has 9 rings (SSSR count). The summed E-state index contributed by atoms with van der Waals surface area (Å²) in [7, 11) is -3.49. The number of amides is 4. The minimum Gasteiger partial charge on any atom is -0.371 e. The van der Waals surface area contributed by atoms with E-state index in [1.165, 1.54) is 0 Å². The van der Waals surface area contributed by atoms with E-state index in [-0.39, 0.29) is 35.4 Å². The summed E-state index contributed by atoms with van der Waals surface area (Å²) in [5, 5.41) is 2.28. The number of imide groups is 2. The molecule has 1 spiro atoms. The van der Waals surface area contributed by atoms with Crippen molar-refractivity contribution in [1.82, 2.24) is 15.1 Å². The molecule has 5 saturated heterocycles. The van der Waals surface area contributed by atoms with Gasteiger partial charge in [-0.3, -0.25) is 34.3 Å². The number of likely N-dealkylation sites (tertiary alicyclic amines) is 1. The molecule has 58 heavy (non-hydrogen) atoms. The van der Waals surface area contributed by atoms with Gasteiger partial charge in [-0.25, -0.2) is 13.3 Å². The third-order valence-corrected chi connectivity index (χ3v) is 16.2. The van der Waals surface area contributed by atoms with Crippen molar-refractivity contribution < 1.29 is 27.6 Å². The average Bonchev–Trinajstić information content (AvgIpc) is 3.65. The molecule has 3 aromatic carbocycles. The van der Waals surface area contributed by atoms with Crippen LogP contribution in [-0.4, -0.2) is 111 Å². The summed E-state index contributed by atoms with van der Waals surface area (Å²) in [6.07, 6.45) is 4.52. The number of sulfone groups is 1. The van der Waals surface area contributed by atoms with Crippen LogP contribution in [0.25, 0.3) is 4.85 Å². The van der Waals surface area contributed by atoms with Gasteiger partial charge in [0.2, 0.25) is 17.5 Å². The van der Waals surface area contributed by atoms with Crippen molar-refractivity contribution in [3.05, 3.63) is 88.2 Å². The van der Waals surface area contributed by atoms with Crippen LogP contribution in [0, 0.1) is 12.0 Å². The first-order valence-corrected chi connectivity index (χ1v) is 22.1. The van der Waals surface area contributed by atoms with Crippen LogP contribution in [0.5, 0.6) is 0 Å². The summed E-state index contributed by atoms with van der Waals surface area (Å²) in [5.41, 5.74) is 4.14. The van der Waals surface area contributed by atoms with Gasteiger partial charge in [0.25, 0.3) is 11.8 Å². The van der Waals surface area contributed by atoms with E-state index >= 15 is 0 Å². The molecular formula is C43H46ClN7O6S. The minimum atomic E-state index is -3.49. The predicted molar refractivity (Wildman–Crippen MR) is 220 cm³/mol. The third kappa shape index (κ3) is 6.70. The number of nitrogens with zero attached hydrogens (tertiary/aromatic N) is 6. The number of hydrogen-bond acceptors (Lipinski definition) is 10. The van der Waals surface area contributed by atoms with E-state index in [9.17, 15) is 27.6 Å². The van der Waals surface area contributed by atoms with Gasteiger partial charge in [-0.05, 0) is 119 Å². The number of nitrogens with one attached hydrogen (secondary N) is 1. The topological polar surface area (TPSA) is 135 Å². The Morgan fingerprint density at radius 2 is 1.48 bits per heavy atom. The summed E-state index contributed by atoms with van der Waals surface area (Å²) >= 11 is 6.38. The highest BCUT2D eigenvalue weighted by molar-refractivity contribution is 7.92. The molecule has 15 heteroatoms. The summed E-state index contributed by atoms with van der Waals surface area (Å²) < 4.78 is 27.6. The van der Waals surface area contributed by atoms with Gasteiger partial charge < -0.3 is 14.7 Å². The van der Waals surface area contributed by atoms with Crippen LogP contribution < -0.4 is 20.0 Å². The molecule has 0 saturated carbocycles. The second-order valence-electron chi connectivity index (χ2n) is 16.9. The fourth-order valence-corrected chi connectivity index (χ4v) is 12.1. The molecule has 2 atom stereocenters. The fourth-order valence-electron chi connectivity index (χ4n) is 10.2. The summed E-state index contributed by atoms with van der Waals surface area (Å²) in [6.45, 7) is 15.2. The van der Waals surface area contributed by atoms with Crippen LogP contribution in [0.15, 0.2) is 65.6 Å². The lowest BCUT2D eigenvalue weighted by Gasteiger charge is -2.48. The lowest BCUT2D eigenvalue weighted by atomic mass is 9.76. The summed E-state index contributed by atoms with van der Waals surface area (Å²) in [5.74, 6) is -2.08. The van der Waals surface area contributed by atoms with E-state index in [1.54, 1.807) is 30.3 Å². The predicted octanol–water partition coefficient (Wildman–Crippen LogP) is 5.30. The smallest absolute Gasteiger partial charge is 0.262 e. The zero-order valence-electron chi connectivity index (χ0n) is 32.4. The van der Waals surface area contributed by atoms with Crippen molar-refractivity contribution in [2.45, 2.75) is 80.1 Å². The number of piperidine rings is 3. The molecule has 3 aromatic rings. The number of rotatable bonds is 7. The molecule has 6 heterocycles. The first-order chi connectivity index (χ1) is 27.8. The van der Waals surface area contributed by atoms with Crippen LogP contribution in [0.2, 0.25) is 5.02 Å². The van der Waals surface area contributed by atoms with Crippen LogP contribution in [0.3, 0.4) is 0 Å². The Kier molecular flexibility index (Phi) is 9.76. The van der Waals surface area contributed by atoms with Gasteiger partial charge in [-0.2, -0.15) is 0 Å². The molecule has 13 nitrogen and oxygen atoms in total. The van der Waals surface area contributed by atoms with E-state index in [2.05, 4.69) is 36.7 Å². The number of fused-ring (bicyclic) bond motifs is 1. The molecule has 1 unspecified atom stereocenters. The highest BCUT2D eigenvalue weighted by Crippen LogP contribution is 2.46. The van der Waals surface area contributed by atoms with Crippen molar-refractivity contribution in [3.8, 4) is 0 Å². The zero-order chi connectivity index (χ0) is 40.5. The monoisotopic (exact) mass is 823 g/mol. The third-order valence-electron chi connectivity index (χ3n) is 13.6. The molecular weight excluding hydrogens is 778 g/mol. The number of anilines is 3. The highest BCUT2D eigenvalue weighted by atomic mass is 35.5. The molecule has 4 amide bonds. The van der Waals surface area contributed by atoms with Gasteiger partial charge >= 0.3 is 0 Å². The number of hydrogen-bond donors (Lipinski definition) is 1. The molecule has 0 aliphatic carbocycles. The minimum absolute atomic E-state index is 0.0716. The first kappa shape index (κ1) is 38.5. The van der Waals surface area contributed by atoms with Crippen LogP contribution in [0.4, 0.5) is 22.7 Å². The van der Waals surface area contributed by atoms with Crippen molar-refractivity contribution in [2.75, 3.05) is 60.5 Å². The SMILES string of the molecule is [C-]#[N+]c1ccc(N2CC3(CCN(c4ccc(S(=O)(=O)C5CCN(C6CN(c7ccc8c(c7)C(=O)N(C7CCC(=O)NC7=O)C8=O)C6)CC5)cc4)CC3)C[C@@H]2C)cc1Cl. The van der Waals surface area contributed by atoms with Gasteiger partial charge in [-0.1, -0.05) is 17.7 Å². The normalized spacial score (nSPS) is 24.3. The Hall–Kier alpha value is -4.97. The molecule has 6 aliphatic rings. The Balaban J connectivity index is 0.757. The van der Waals surface area contributed by atoms with Crippen LogP contribution in [0.1, 0.15) is 72.6 Å².